The maximum Gasteiger partial charge on any atom is 0.335 e. The molecule has 7 nitrogen and oxygen atoms in total. The van der Waals surface area contributed by atoms with Crippen LogP contribution in [0.15, 0.2) is 62.2 Å². The number of rotatable bonds is 7. The van der Waals surface area contributed by atoms with Gasteiger partial charge in [0.05, 0.1) is 0 Å². The zero-order valence-electron chi connectivity index (χ0n) is 33.0. The minimum atomic E-state index is -0.509. The van der Waals surface area contributed by atoms with Gasteiger partial charge in [0.15, 0.2) is 0 Å². The number of halogens is 1. The average molecular weight is 739 g/mol. The van der Waals surface area contributed by atoms with E-state index in [1.807, 2.05) is 107 Å². The van der Waals surface area contributed by atoms with Crippen molar-refractivity contribution in [2.75, 3.05) is 0 Å². The third kappa shape index (κ3) is 9.93. The van der Waals surface area contributed by atoms with E-state index in [4.69, 9.17) is 21.1 Å². The Morgan fingerprint density at radius 3 is 0.962 bits per heavy atom. The van der Waals surface area contributed by atoms with Crippen molar-refractivity contribution in [2.24, 2.45) is 0 Å². The molecule has 0 fully saturated rings. The molecule has 0 aliphatic rings. The van der Waals surface area contributed by atoms with E-state index in [0.29, 0.717) is 23.0 Å². The van der Waals surface area contributed by atoms with Gasteiger partial charge >= 0.3 is 11.9 Å². The molecule has 4 aromatic rings. The van der Waals surface area contributed by atoms with Crippen molar-refractivity contribution in [3.8, 4) is 45.3 Å². The molecule has 0 amide bonds. The number of benzene rings is 4. The molecule has 0 heterocycles. The molecule has 0 aliphatic heterocycles. The molecular formula is C45H51ClO7. The van der Waals surface area contributed by atoms with Crippen molar-refractivity contribution >= 4 is 28.8 Å². The molecule has 0 saturated carbocycles. The van der Waals surface area contributed by atoms with Gasteiger partial charge in [-0.05, 0) is 214 Å². The molecule has 0 aliphatic carbocycles. The Labute approximate surface area is 319 Å². The van der Waals surface area contributed by atoms with Gasteiger partial charge in [-0.25, -0.2) is 9.59 Å². The predicted octanol–water partition coefficient (Wildman–Crippen LogP) is 10.9. The summed E-state index contributed by atoms with van der Waals surface area (Å²) in [5.41, 5.74) is 15.7. The van der Waals surface area contributed by atoms with Gasteiger partial charge in [-0.15, -0.1) is 0 Å². The van der Waals surface area contributed by atoms with E-state index in [1.54, 1.807) is 0 Å². The smallest absolute Gasteiger partial charge is 0.335 e. The van der Waals surface area contributed by atoms with E-state index in [0.717, 1.165) is 107 Å². The first-order chi connectivity index (χ1) is 24.6. The van der Waals surface area contributed by atoms with Crippen LogP contribution >= 0.6 is 11.6 Å². The second kappa shape index (κ2) is 18.4. The summed E-state index contributed by atoms with van der Waals surface area (Å²) in [6, 6.07) is 8.08. The summed E-state index contributed by atoms with van der Waals surface area (Å²) in [7, 11) is 0. The predicted molar refractivity (Wildman–Crippen MR) is 217 cm³/mol. The fraction of sp³-hybridized carbons (Fsp3) is 0.267. The number of esters is 2. The summed E-state index contributed by atoms with van der Waals surface area (Å²) < 4.78 is 10.9. The Balaban J connectivity index is 0.000000338. The van der Waals surface area contributed by atoms with Crippen LogP contribution in [0.25, 0.3) is 22.3 Å². The number of carbonyl (C=O) groups excluding carboxylic acids is 3. The Kier molecular flexibility index (Phi) is 15.2. The molecule has 2 N–H and O–H groups in total. The first kappa shape index (κ1) is 43.8. The van der Waals surface area contributed by atoms with Crippen molar-refractivity contribution in [1.29, 1.82) is 0 Å². The number of ether oxygens (including phenoxy) is 2. The van der Waals surface area contributed by atoms with Gasteiger partial charge in [-0.1, -0.05) is 19.7 Å². The normalized spacial score (nSPS) is 10.2. The van der Waals surface area contributed by atoms with Gasteiger partial charge < -0.3 is 19.7 Å². The number of aryl methyl sites for hydroxylation is 4. The van der Waals surface area contributed by atoms with Gasteiger partial charge in [0, 0.05) is 12.2 Å². The third-order valence-corrected chi connectivity index (χ3v) is 9.80. The molecule has 0 bridgehead atoms. The van der Waals surface area contributed by atoms with Crippen molar-refractivity contribution in [3.05, 3.63) is 129 Å². The molecule has 0 aromatic heterocycles. The van der Waals surface area contributed by atoms with Crippen molar-refractivity contribution in [1.82, 2.24) is 0 Å². The lowest BCUT2D eigenvalue weighted by molar-refractivity contribution is -0.129. The summed E-state index contributed by atoms with van der Waals surface area (Å²) in [6.07, 6.45) is 3.35. The van der Waals surface area contributed by atoms with E-state index < -0.39 is 17.2 Å². The van der Waals surface area contributed by atoms with Gasteiger partial charge in [0.2, 0.25) is 5.24 Å². The second-order valence-corrected chi connectivity index (χ2v) is 13.5. The highest BCUT2D eigenvalue weighted by Gasteiger charge is 2.20. The van der Waals surface area contributed by atoms with Gasteiger partial charge in [0.1, 0.15) is 23.0 Å². The number of carbonyl (C=O) groups is 3. The van der Waals surface area contributed by atoms with E-state index in [-0.39, 0.29) is 0 Å². The molecule has 8 heteroatoms. The lowest BCUT2D eigenvalue weighted by Gasteiger charge is -2.20. The summed E-state index contributed by atoms with van der Waals surface area (Å²) in [5.74, 6) is 0.916. The van der Waals surface area contributed by atoms with E-state index in [2.05, 4.69) is 19.7 Å². The van der Waals surface area contributed by atoms with Crippen LogP contribution in [0.1, 0.15) is 66.8 Å². The first-order valence-electron chi connectivity index (χ1n) is 17.0. The van der Waals surface area contributed by atoms with Crippen LogP contribution in [0.2, 0.25) is 0 Å². The Morgan fingerprint density at radius 1 is 0.472 bits per heavy atom. The highest BCUT2D eigenvalue weighted by molar-refractivity contribution is 6.66. The molecule has 53 heavy (non-hydrogen) atoms. The lowest BCUT2D eigenvalue weighted by Crippen LogP contribution is -2.08. The zero-order valence-corrected chi connectivity index (χ0v) is 33.7. The molecule has 0 unspecified atom stereocenters. The molecule has 280 valence electrons. The topological polar surface area (TPSA) is 110 Å². The number of hydrogen-bond acceptors (Lipinski definition) is 7. The number of phenolic OH excluding ortho intramolecular Hbond substituents is 2. The largest absolute Gasteiger partial charge is 0.507 e. The second-order valence-electron chi connectivity index (χ2n) is 13.1. The zero-order chi connectivity index (χ0) is 40.6. The SMILES string of the molecule is C=CC(=O)Cl.C=CC(=O)Oc1c(C)cc(-c2cc(C)c(OC(=O)C=C)c(C)c2C)c(C)c1C.Cc1cc(-c2cc(C)c(O)c(C)c2C)c(C)c(C)c1O. The fourth-order valence-corrected chi connectivity index (χ4v) is 5.97. The summed E-state index contributed by atoms with van der Waals surface area (Å²) >= 11 is 4.71. The quantitative estimate of drug-likeness (QED) is 0.0840. The highest BCUT2D eigenvalue weighted by atomic mass is 35.5. The maximum atomic E-state index is 11.7. The van der Waals surface area contributed by atoms with Gasteiger partial charge in [0.25, 0.3) is 0 Å². The minimum absolute atomic E-state index is 0.371. The van der Waals surface area contributed by atoms with Crippen LogP contribution in [0.3, 0.4) is 0 Å². The Morgan fingerprint density at radius 2 is 0.717 bits per heavy atom. The van der Waals surface area contributed by atoms with Crippen molar-refractivity contribution in [2.45, 2.75) is 83.1 Å². The van der Waals surface area contributed by atoms with E-state index in [9.17, 15) is 24.6 Å². The Bertz CT molecular complexity index is 1990. The first-order valence-corrected chi connectivity index (χ1v) is 17.3. The third-order valence-electron chi connectivity index (χ3n) is 9.64. The number of aromatic hydroxyl groups is 2. The highest BCUT2D eigenvalue weighted by Crippen LogP contribution is 2.41. The van der Waals surface area contributed by atoms with Crippen molar-refractivity contribution in [3.63, 3.8) is 0 Å². The van der Waals surface area contributed by atoms with Gasteiger partial charge in [-0.3, -0.25) is 4.79 Å². The molecule has 0 spiro atoms. The molecule has 0 saturated heterocycles. The summed E-state index contributed by atoms with van der Waals surface area (Å²) in [5, 5.41) is 19.6. The Hall–Kier alpha value is -5.40. The monoisotopic (exact) mass is 738 g/mol. The van der Waals surface area contributed by atoms with Crippen LogP contribution in [-0.2, 0) is 14.4 Å². The molecular weight excluding hydrogens is 688 g/mol. The number of allylic oxidation sites excluding steroid dienone is 1. The van der Waals surface area contributed by atoms with Gasteiger partial charge in [-0.2, -0.15) is 0 Å². The van der Waals surface area contributed by atoms with Crippen LogP contribution < -0.4 is 9.47 Å². The molecule has 0 radical (unpaired) electrons. The number of phenols is 2. The van der Waals surface area contributed by atoms with E-state index in [1.165, 1.54) is 0 Å². The standard InChI is InChI=1S/C24H26O4.C18H22O2.C3H3ClO/c1-9-21(25)27-23-13(3)11-19(15(5)17(23)7)20-12-14(4)24(18(8)16(20)6)28-22(26)10-2;1-9-7-15(11(3)13(5)17(9)19)16-8-10(2)18(20)14(6)12(16)4;1-2-3(4)5/h9-12H,1-2H2,3-8H3;7-8,19-20H,1-6H3;2H,1H2. The minimum Gasteiger partial charge on any atom is -0.507 e. The lowest BCUT2D eigenvalue weighted by atomic mass is 9.88. The van der Waals surface area contributed by atoms with Crippen LogP contribution in [0.5, 0.6) is 23.0 Å². The fourth-order valence-electron chi connectivity index (χ4n) is 5.97. The molecule has 4 aromatic carbocycles. The van der Waals surface area contributed by atoms with Crippen LogP contribution in [0, 0.1) is 83.1 Å². The molecule has 4 rings (SSSR count). The summed E-state index contributed by atoms with van der Waals surface area (Å²) in [6.45, 7) is 33.5. The number of hydrogen-bond donors (Lipinski definition) is 2. The maximum absolute atomic E-state index is 11.7. The van der Waals surface area contributed by atoms with Crippen LogP contribution in [-0.4, -0.2) is 27.4 Å². The molecule has 0 atom stereocenters. The van der Waals surface area contributed by atoms with E-state index >= 15 is 0 Å². The summed E-state index contributed by atoms with van der Waals surface area (Å²) in [4.78, 5) is 32.8. The average Bonchev–Trinajstić information content (AvgIpc) is 3.13. The van der Waals surface area contributed by atoms with Crippen LogP contribution in [0.4, 0.5) is 0 Å². The van der Waals surface area contributed by atoms with Crippen molar-refractivity contribution < 1.29 is 34.1 Å².